The average molecular weight is 497 g/mol. The Morgan fingerprint density at radius 3 is 2.06 bits per heavy atom. The van der Waals surface area contributed by atoms with Crippen LogP contribution >= 0.6 is 0 Å². The normalized spacial score (nSPS) is 20.3. The summed E-state index contributed by atoms with van der Waals surface area (Å²) in [7, 11) is 0. The molecule has 2 saturated heterocycles. The van der Waals surface area contributed by atoms with Gasteiger partial charge in [-0.1, -0.05) is 11.8 Å². The highest BCUT2D eigenvalue weighted by atomic mass is 16.6. The first-order valence-corrected chi connectivity index (χ1v) is 12.5. The van der Waals surface area contributed by atoms with Crippen molar-refractivity contribution < 1.29 is 28.9 Å². The van der Waals surface area contributed by atoms with Gasteiger partial charge in [-0.15, -0.1) is 0 Å². The highest BCUT2D eigenvalue weighted by Gasteiger charge is 2.32. The van der Waals surface area contributed by atoms with Crippen LogP contribution in [0.25, 0.3) is 0 Å². The number of hydrogen-bond acceptors (Lipinski definition) is 8. The van der Waals surface area contributed by atoms with Crippen molar-refractivity contribution in [1.29, 1.82) is 0 Å². The summed E-state index contributed by atoms with van der Waals surface area (Å²) in [5.41, 5.74) is -1.05. The van der Waals surface area contributed by atoms with Gasteiger partial charge in [0.25, 0.3) is 0 Å². The molecule has 2 aliphatic heterocycles. The molecule has 0 aliphatic carbocycles. The van der Waals surface area contributed by atoms with Crippen molar-refractivity contribution in [3.63, 3.8) is 0 Å². The topological polar surface area (TPSA) is 95.0 Å². The molecule has 1 atom stereocenters. The zero-order chi connectivity index (χ0) is 26.1. The maximum Gasteiger partial charge on any atom is 0.411 e. The second-order valence-corrected chi connectivity index (χ2v) is 10.9. The third-order valence-corrected chi connectivity index (χ3v) is 5.53. The Labute approximate surface area is 210 Å². The molecule has 0 saturated carbocycles. The van der Waals surface area contributed by atoms with Crippen LogP contribution in [0.2, 0.25) is 0 Å². The van der Waals surface area contributed by atoms with Crippen LogP contribution < -0.4 is 0 Å². The zero-order valence-corrected chi connectivity index (χ0v) is 22.3. The fourth-order valence-electron chi connectivity index (χ4n) is 3.80. The Morgan fingerprint density at radius 2 is 1.46 bits per heavy atom. The number of aliphatic hydroxyl groups is 1. The zero-order valence-electron chi connectivity index (χ0n) is 22.3. The van der Waals surface area contributed by atoms with Gasteiger partial charge in [0.05, 0.1) is 13.2 Å². The molecule has 0 radical (unpaired) electrons. The highest BCUT2D eigenvalue weighted by Crippen LogP contribution is 2.16. The van der Waals surface area contributed by atoms with Gasteiger partial charge in [-0.05, 0) is 41.5 Å². The van der Waals surface area contributed by atoms with E-state index in [2.05, 4.69) is 21.6 Å². The first kappa shape index (κ1) is 29.2. The smallest absolute Gasteiger partial charge is 0.411 e. The van der Waals surface area contributed by atoms with Gasteiger partial charge in [0.2, 0.25) is 0 Å². The summed E-state index contributed by atoms with van der Waals surface area (Å²) in [6.45, 7) is 17.9. The van der Waals surface area contributed by atoms with E-state index in [4.69, 9.17) is 14.2 Å². The minimum absolute atomic E-state index is 0.0712. The fourth-order valence-corrected chi connectivity index (χ4v) is 3.80. The second kappa shape index (κ2) is 13.3. The van der Waals surface area contributed by atoms with Gasteiger partial charge < -0.3 is 24.2 Å². The summed E-state index contributed by atoms with van der Waals surface area (Å²) in [5, 5.41) is 9.27. The summed E-state index contributed by atoms with van der Waals surface area (Å²) in [5.74, 6) is 6.21. The van der Waals surface area contributed by atoms with Crippen LogP contribution in [-0.2, 0) is 14.2 Å². The number of piperazine rings is 2. The number of β-amino-alcohol motifs (C(OH)–C–C–N with tert-alkyl or cyclic N) is 1. The first-order chi connectivity index (χ1) is 16.4. The molecule has 2 heterocycles. The fraction of sp³-hybridized carbons (Fsp3) is 0.840. The first-order valence-electron chi connectivity index (χ1n) is 12.5. The molecule has 0 aromatic carbocycles. The summed E-state index contributed by atoms with van der Waals surface area (Å²) in [6.07, 6.45) is -0.628. The third kappa shape index (κ3) is 11.0. The Balaban J connectivity index is 1.75. The van der Waals surface area contributed by atoms with E-state index in [-0.39, 0.29) is 31.4 Å². The lowest BCUT2D eigenvalue weighted by molar-refractivity contribution is 0.00502. The molecule has 0 aromatic heterocycles. The minimum atomic E-state index is -0.571. The predicted octanol–water partition coefficient (Wildman–Crippen LogP) is 1.47. The van der Waals surface area contributed by atoms with Crippen LogP contribution in [0, 0.1) is 11.8 Å². The van der Waals surface area contributed by atoms with Crippen LogP contribution in [0.4, 0.5) is 9.59 Å². The molecule has 2 amide bonds. The monoisotopic (exact) mass is 496 g/mol. The molecule has 10 nitrogen and oxygen atoms in total. The van der Waals surface area contributed by atoms with Crippen molar-refractivity contribution in [2.24, 2.45) is 0 Å². The van der Waals surface area contributed by atoms with E-state index < -0.39 is 11.2 Å². The number of ether oxygens (including phenoxy) is 3. The van der Waals surface area contributed by atoms with Crippen LogP contribution in [0.3, 0.4) is 0 Å². The molecule has 0 aromatic rings. The van der Waals surface area contributed by atoms with Gasteiger partial charge in [0, 0.05) is 58.9 Å². The lowest BCUT2D eigenvalue weighted by atomic mass is 10.1. The third-order valence-electron chi connectivity index (χ3n) is 5.53. The number of amides is 2. The molecule has 10 heteroatoms. The minimum Gasteiger partial charge on any atom is -0.444 e. The molecule has 200 valence electrons. The molecule has 2 aliphatic rings. The number of carbonyl (C=O) groups excluding carboxylic acids is 2. The van der Waals surface area contributed by atoms with Gasteiger partial charge in [0.15, 0.2) is 0 Å². The molecule has 2 rings (SSSR count). The van der Waals surface area contributed by atoms with E-state index in [9.17, 15) is 14.7 Å². The Hall–Kier alpha value is -2.06. The maximum atomic E-state index is 12.6. The van der Waals surface area contributed by atoms with Crippen molar-refractivity contribution in [2.75, 3.05) is 78.7 Å². The lowest BCUT2D eigenvalue weighted by Crippen LogP contribution is -2.56. The van der Waals surface area contributed by atoms with Gasteiger partial charge in [-0.3, -0.25) is 14.7 Å². The van der Waals surface area contributed by atoms with Crippen LogP contribution in [-0.4, -0.2) is 133 Å². The van der Waals surface area contributed by atoms with Gasteiger partial charge in [-0.25, -0.2) is 9.59 Å². The van der Waals surface area contributed by atoms with Crippen molar-refractivity contribution in [2.45, 2.75) is 58.8 Å². The molecule has 2 fully saturated rings. The van der Waals surface area contributed by atoms with Crippen LogP contribution in [0.1, 0.15) is 41.5 Å². The molecule has 1 unspecified atom stereocenters. The summed E-state index contributed by atoms with van der Waals surface area (Å²) in [6, 6.07) is -0.310. The molecular formula is C25H44N4O6. The van der Waals surface area contributed by atoms with E-state index in [1.54, 1.807) is 9.80 Å². The van der Waals surface area contributed by atoms with Gasteiger partial charge in [-0.2, -0.15) is 0 Å². The number of nitrogens with zero attached hydrogens (tertiary/aromatic N) is 4. The summed E-state index contributed by atoms with van der Waals surface area (Å²) >= 11 is 0. The second-order valence-electron chi connectivity index (χ2n) is 10.9. The van der Waals surface area contributed by atoms with E-state index >= 15 is 0 Å². The SMILES string of the molecule is CC(C)(C)OC(=O)N1CCN(CCOCC#CC2CN(CCO)CCN2C(=O)OC(C)(C)C)CC1. The van der Waals surface area contributed by atoms with Crippen molar-refractivity contribution >= 4 is 12.2 Å². The molecule has 0 spiro atoms. The van der Waals surface area contributed by atoms with Gasteiger partial charge >= 0.3 is 12.2 Å². The summed E-state index contributed by atoms with van der Waals surface area (Å²) in [4.78, 5) is 32.6. The van der Waals surface area contributed by atoms with Crippen molar-refractivity contribution in [1.82, 2.24) is 19.6 Å². The van der Waals surface area contributed by atoms with E-state index in [1.165, 1.54) is 0 Å². The van der Waals surface area contributed by atoms with Crippen molar-refractivity contribution in [3.05, 3.63) is 0 Å². The largest absolute Gasteiger partial charge is 0.444 e. The molecule has 1 N–H and O–H groups in total. The van der Waals surface area contributed by atoms with E-state index in [0.29, 0.717) is 45.9 Å². The molecule has 0 bridgehead atoms. The predicted molar refractivity (Wildman–Crippen MR) is 133 cm³/mol. The Morgan fingerprint density at radius 1 is 0.857 bits per heavy atom. The molecular weight excluding hydrogens is 452 g/mol. The van der Waals surface area contributed by atoms with Gasteiger partial charge in [0.1, 0.15) is 23.9 Å². The Bertz CT molecular complexity index is 744. The van der Waals surface area contributed by atoms with Crippen LogP contribution in [0.5, 0.6) is 0 Å². The number of aliphatic hydroxyl groups excluding tert-OH is 1. The van der Waals surface area contributed by atoms with Crippen molar-refractivity contribution in [3.8, 4) is 11.8 Å². The molecule has 35 heavy (non-hydrogen) atoms. The highest BCUT2D eigenvalue weighted by molar-refractivity contribution is 5.69. The maximum absolute atomic E-state index is 12.6. The standard InChI is InChI=1S/C25H44N4O6/c1-24(2,3)34-22(31)28-12-9-26(10-13-28)16-19-33-18-7-8-21-20-27(15-17-30)11-14-29(21)23(32)35-25(4,5)6/h21,30H,9-20H2,1-6H3. The average Bonchev–Trinajstić information content (AvgIpc) is 2.74. The Kier molecular flexibility index (Phi) is 11.1. The van der Waals surface area contributed by atoms with E-state index in [1.807, 2.05) is 41.5 Å². The van der Waals surface area contributed by atoms with Crippen LogP contribution in [0.15, 0.2) is 0 Å². The summed E-state index contributed by atoms with van der Waals surface area (Å²) < 4.78 is 16.7. The number of rotatable bonds is 6. The quantitative estimate of drug-likeness (QED) is 0.437. The lowest BCUT2D eigenvalue weighted by Gasteiger charge is -2.39. The van der Waals surface area contributed by atoms with E-state index in [0.717, 1.165) is 19.6 Å². The number of carbonyl (C=O) groups is 2. The number of hydrogen-bond donors (Lipinski definition) is 1.